The number of hydrogen-bond acceptors (Lipinski definition) is 2. The van der Waals surface area contributed by atoms with Crippen molar-refractivity contribution in [2.75, 3.05) is 0 Å². The third kappa shape index (κ3) is 2.71. The Bertz CT molecular complexity index is 567. The van der Waals surface area contributed by atoms with Gasteiger partial charge < -0.3 is 4.74 Å². The molecule has 0 aromatic heterocycles. The van der Waals surface area contributed by atoms with Crippen LogP contribution >= 0.6 is 0 Å². The molecule has 2 nitrogen and oxygen atoms in total. The minimum Gasteiger partial charge on any atom is -0.486 e. The van der Waals surface area contributed by atoms with Crippen molar-refractivity contribution in [3.63, 3.8) is 0 Å². The first-order valence-electron chi connectivity index (χ1n) is 5.31. The zero-order valence-corrected chi connectivity index (χ0v) is 9.40. The summed E-state index contributed by atoms with van der Waals surface area (Å²) < 4.78 is 31.2. The normalized spacial score (nSPS) is 10.1. The number of rotatable bonds is 4. The molecule has 0 spiro atoms. The average Bonchev–Trinajstić information content (AvgIpc) is 2.38. The molecule has 0 amide bonds. The van der Waals surface area contributed by atoms with Crippen molar-refractivity contribution in [3.05, 3.63) is 65.2 Å². The van der Waals surface area contributed by atoms with Crippen LogP contribution in [0.2, 0.25) is 0 Å². The maximum atomic E-state index is 13.3. The minimum atomic E-state index is -0.765. The number of hydrogen-bond donors (Lipinski definition) is 0. The maximum absolute atomic E-state index is 13.3. The lowest BCUT2D eigenvalue weighted by Crippen LogP contribution is -2.01. The fraction of sp³-hybridized carbons (Fsp3) is 0.0714. The van der Waals surface area contributed by atoms with Crippen LogP contribution < -0.4 is 4.74 Å². The van der Waals surface area contributed by atoms with Gasteiger partial charge in [-0.2, -0.15) is 0 Å². The van der Waals surface area contributed by atoms with E-state index in [0.717, 1.165) is 12.1 Å². The van der Waals surface area contributed by atoms with Gasteiger partial charge in [-0.1, -0.05) is 24.3 Å². The first-order chi connectivity index (χ1) is 8.70. The molecular formula is C14H10F2O2. The first-order valence-corrected chi connectivity index (χ1v) is 5.31. The van der Waals surface area contributed by atoms with E-state index < -0.39 is 11.6 Å². The third-order valence-corrected chi connectivity index (χ3v) is 2.46. The van der Waals surface area contributed by atoms with E-state index in [1.807, 2.05) is 0 Å². The van der Waals surface area contributed by atoms with Crippen LogP contribution in [0, 0.1) is 11.6 Å². The van der Waals surface area contributed by atoms with Gasteiger partial charge in [0.15, 0.2) is 11.6 Å². The van der Waals surface area contributed by atoms with Crippen LogP contribution in [-0.2, 0) is 6.61 Å². The van der Waals surface area contributed by atoms with Crippen LogP contribution in [0.5, 0.6) is 5.75 Å². The summed E-state index contributed by atoms with van der Waals surface area (Å²) in [4.78, 5) is 10.8. The van der Waals surface area contributed by atoms with E-state index in [9.17, 15) is 13.6 Å². The second-order valence-corrected chi connectivity index (χ2v) is 3.68. The molecule has 0 aliphatic heterocycles. The van der Waals surface area contributed by atoms with E-state index in [0.29, 0.717) is 17.4 Å². The van der Waals surface area contributed by atoms with Gasteiger partial charge in [0, 0.05) is 11.6 Å². The van der Waals surface area contributed by atoms with E-state index in [-0.39, 0.29) is 12.4 Å². The topological polar surface area (TPSA) is 26.3 Å². The highest BCUT2D eigenvalue weighted by atomic mass is 19.1. The second-order valence-electron chi connectivity index (χ2n) is 3.68. The van der Waals surface area contributed by atoms with Gasteiger partial charge in [-0.15, -0.1) is 0 Å². The van der Waals surface area contributed by atoms with Crippen molar-refractivity contribution in [2.24, 2.45) is 0 Å². The molecule has 0 fully saturated rings. The van der Waals surface area contributed by atoms with Crippen molar-refractivity contribution in [1.82, 2.24) is 0 Å². The number of benzene rings is 2. The smallest absolute Gasteiger partial charge is 0.167 e. The molecule has 0 bridgehead atoms. The Morgan fingerprint density at radius 3 is 2.61 bits per heavy atom. The van der Waals surface area contributed by atoms with E-state index in [4.69, 9.17) is 4.74 Å². The summed E-state index contributed by atoms with van der Waals surface area (Å²) in [7, 11) is 0. The van der Waals surface area contributed by atoms with Gasteiger partial charge >= 0.3 is 0 Å². The molecule has 18 heavy (non-hydrogen) atoms. The number of halogens is 2. The summed E-state index contributed by atoms with van der Waals surface area (Å²) in [6.45, 7) is 0.0530. The molecule has 2 rings (SSSR count). The van der Waals surface area contributed by atoms with Crippen LogP contribution in [0.15, 0.2) is 42.5 Å². The summed E-state index contributed by atoms with van der Waals surface area (Å²) in [5, 5.41) is 0. The molecular weight excluding hydrogens is 238 g/mol. The summed E-state index contributed by atoms with van der Waals surface area (Å²) in [6, 6.07) is 9.93. The predicted octanol–water partition coefficient (Wildman–Crippen LogP) is 3.36. The summed E-state index contributed by atoms with van der Waals surface area (Å²) >= 11 is 0. The lowest BCUT2D eigenvalue weighted by atomic mass is 10.1. The molecule has 0 N–H and O–H groups in total. The Hall–Kier alpha value is -2.23. The van der Waals surface area contributed by atoms with E-state index >= 15 is 0 Å². The largest absolute Gasteiger partial charge is 0.486 e. The Balaban J connectivity index is 2.14. The quantitative estimate of drug-likeness (QED) is 0.775. The molecule has 2 aromatic rings. The number of aldehydes is 1. The Morgan fingerprint density at radius 1 is 1.11 bits per heavy atom. The van der Waals surface area contributed by atoms with Crippen LogP contribution in [0.1, 0.15) is 15.9 Å². The molecule has 0 aliphatic carbocycles. The van der Waals surface area contributed by atoms with Crippen LogP contribution in [0.4, 0.5) is 8.78 Å². The fourth-order valence-corrected chi connectivity index (χ4v) is 1.53. The molecule has 92 valence electrons. The minimum absolute atomic E-state index is 0.0443. The SMILES string of the molecule is O=Cc1ccccc1COc1ccc(F)cc1F. The van der Waals surface area contributed by atoms with Gasteiger partial charge in [0.2, 0.25) is 0 Å². The van der Waals surface area contributed by atoms with Crippen molar-refractivity contribution in [3.8, 4) is 5.75 Å². The maximum Gasteiger partial charge on any atom is 0.167 e. The molecule has 0 aliphatic rings. The lowest BCUT2D eigenvalue weighted by Gasteiger charge is -2.08. The molecule has 2 aromatic carbocycles. The molecule has 0 atom stereocenters. The van der Waals surface area contributed by atoms with Crippen LogP contribution in [0.3, 0.4) is 0 Å². The van der Waals surface area contributed by atoms with E-state index in [1.54, 1.807) is 24.3 Å². The van der Waals surface area contributed by atoms with Gasteiger partial charge in [0.05, 0.1) is 0 Å². The van der Waals surface area contributed by atoms with E-state index in [1.165, 1.54) is 6.07 Å². The zero-order chi connectivity index (χ0) is 13.0. The number of ether oxygens (including phenoxy) is 1. The first kappa shape index (κ1) is 12.2. The predicted molar refractivity (Wildman–Crippen MR) is 62.5 cm³/mol. The standard InChI is InChI=1S/C14H10F2O2/c15-12-5-6-14(13(16)7-12)18-9-11-4-2-1-3-10(11)8-17/h1-8H,9H2. The fourth-order valence-electron chi connectivity index (χ4n) is 1.53. The summed E-state index contributed by atoms with van der Waals surface area (Å²) in [6.07, 6.45) is 0.708. The van der Waals surface area contributed by atoms with Crippen molar-refractivity contribution < 1.29 is 18.3 Å². The highest BCUT2D eigenvalue weighted by Crippen LogP contribution is 2.19. The Kier molecular flexibility index (Phi) is 3.67. The molecule has 0 radical (unpaired) electrons. The van der Waals surface area contributed by atoms with Gasteiger partial charge in [-0.25, -0.2) is 8.78 Å². The monoisotopic (exact) mass is 248 g/mol. The summed E-state index contributed by atoms with van der Waals surface area (Å²) in [5.41, 5.74) is 1.14. The van der Waals surface area contributed by atoms with Gasteiger partial charge in [0.1, 0.15) is 18.7 Å². The van der Waals surface area contributed by atoms with Crippen LogP contribution in [-0.4, -0.2) is 6.29 Å². The lowest BCUT2D eigenvalue weighted by molar-refractivity contribution is 0.112. The molecule has 0 saturated heterocycles. The average molecular weight is 248 g/mol. The zero-order valence-electron chi connectivity index (χ0n) is 9.40. The van der Waals surface area contributed by atoms with E-state index in [2.05, 4.69) is 0 Å². The Morgan fingerprint density at radius 2 is 1.89 bits per heavy atom. The highest BCUT2D eigenvalue weighted by Gasteiger charge is 2.06. The molecule has 0 heterocycles. The number of carbonyl (C=O) groups is 1. The third-order valence-electron chi connectivity index (χ3n) is 2.46. The van der Waals surface area contributed by atoms with Gasteiger partial charge in [-0.3, -0.25) is 4.79 Å². The summed E-state index contributed by atoms with van der Waals surface area (Å²) in [5.74, 6) is -1.47. The second kappa shape index (κ2) is 5.40. The van der Waals surface area contributed by atoms with Crippen molar-refractivity contribution in [2.45, 2.75) is 6.61 Å². The molecule has 4 heteroatoms. The Labute approximate surface area is 103 Å². The molecule has 0 saturated carbocycles. The van der Waals surface area contributed by atoms with Crippen LogP contribution in [0.25, 0.3) is 0 Å². The van der Waals surface area contributed by atoms with Crippen molar-refractivity contribution >= 4 is 6.29 Å². The van der Waals surface area contributed by atoms with Crippen molar-refractivity contribution in [1.29, 1.82) is 0 Å². The highest BCUT2D eigenvalue weighted by molar-refractivity contribution is 5.77. The molecule has 0 unspecified atom stereocenters. The number of carbonyl (C=O) groups excluding carboxylic acids is 1. The van der Waals surface area contributed by atoms with Gasteiger partial charge in [-0.05, 0) is 17.7 Å². The van der Waals surface area contributed by atoms with Gasteiger partial charge in [0.25, 0.3) is 0 Å².